The summed E-state index contributed by atoms with van der Waals surface area (Å²) in [6.07, 6.45) is 1.80. The molecule has 11 heteroatoms. The molecule has 0 saturated heterocycles. The van der Waals surface area contributed by atoms with E-state index in [1.54, 1.807) is 50.1 Å². The average molecular weight is 549 g/mol. The van der Waals surface area contributed by atoms with Crippen molar-refractivity contribution in [2.24, 2.45) is 0 Å². The molecule has 0 atom stereocenters. The minimum absolute atomic E-state index is 0.283. The fourth-order valence-electron chi connectivity index (χ4n) is 4.01. The van der Waals surface area contributed by atoms with Gasteiger partial charge < -0.3 is 23.7 Å². The molecule has 0 saturated carbocycles. The van der Waals surface area contributed by atoms with Crippen molar-refractivity contribution in [1.82, 2.24) is 19.6 Å². The number of furan rings is 1. The third kappa shape index (κ3) is 4.60. The van der Waals surface area contributed by atoms with Crippen LogP contribution in [0, 0.1) is 0 Å². The molecule has 0 aliphatic rings. The van der Waals surface area contributed by atoms with Gasteiger partial charge in [0.1, 0.15) is 34.4 Å². The third-order valence-corrected chi connectivity index (χ3v) is 7.85. The summed E-state index contributed by atoms with van der Waals surface area (Å²) in [5.41, 5.74) is 3.06. The summed E-state index contributed by atoms with van der Waals surface area (Å²) in [5.74, 6) is 1.84. The van der Waals surface area contributed by atoms with Crippen molar-refractivity contribution in [3.63, 3.8) is 0 Å². The second kappa shape index (κ2) is 9.43. The Hall–Kier alpha value is -3.93. The molecule has 6 aromatic rings. The van der Waals surface area contributed by atoms with Gasteiger partial charge in [-0.1, -0.05) is 24.3 Å². The van der Waals surface area contributed by atoms with Crippen LogP contribution in [-0.4, -0.2) is 38.9 Å². The Morgan fingerprint density at radius 1 is 1.05 bits per heavy atom. The Morgan fingerprint density at radius 3 is 2.58 bits per heavy atom. The number of benzene rings is 2. The van der Waals surface area contributed by atoms with E-state index in [0.717, 1.165) is 27.2 Å². The maximum atomic E-state index is 10.2. The Labute approximate surface area is 225 Å². The number of nitrogens with zero attached hydrogens (tertiary/aromatic N) is 4. The van der Waals surface area contributed by atoms with Gasteiger partial charge in [-0.25, -0.2) is 14.5 Å². The van der Waals surface area contributed by atoms with Gasteiger partial charge in [0.2, 0.25) is 4.96 Å². The molecule has 0 aliphatic carbocycles. The van der Waals surface area contributed by atoms with Crippen molar-refractivity contribution < 1.29 is 23.7 Å². The van der Waals surface area contributed by atoms with Gasteiger partial charge in [0.05, 0.1) is 37.1 Å². The lowest BCUT2D eigenvalue weighted by molar-refractivity contribution is 0.0786. The number of ether oxygens (including phenoxy) is 3. The molecule has 4 aromatic heterocycles. The van der Waals surface area contributed by atoms with Crippen LogP contribution in [0.15, 0.2) is 58.5 Å². The van der Waals surface area contributed by atoms with E-state index in [2.05, 4.69) is 10.1 Å². The second-order valence-corrected chi connectivity index (χ2v) is 10.9. The quantitative estimate of drug-likeness (QED) is 0.242. The molecule has 0 radical (unpaired) electrons. The van der Waals surface area contributed by atoms with Crippen LogP contribution in [0.25, 0.3) is 38.0 Å². The maximum Gasteiger partial charge on any atom is 0.294 e. The monoisotopic (exact) mass is 548 g/mol. The lowest BCUT2D eigenvalue weighted by Gasteiger charge is -2.17. The Kier molecular flexibility index (Phi) is 6.05. The van der Waals surface area contributed by atoms with E-state index in [0.29, 0.717) is 38.7 Å². The number of hydrogen-bond acceptors (Lipinski definition) is 10. The number of thiazole rings is 1. The number of fused-ring (bicyclic) bond motifs is 2. The molecule has 4 heterocycles. The molecule has 2 aromatic carbocycles. The lowest BCUT2D eigenvalue weighted by Crippen LogP contribution is -2.14. The summed E-state index contributed by atoms with van der Waals surface area (Å²) in [4.78, 5) is 10.1. The Balaban J connectivity index is 1.25. The molecule has 0 unspecified atom stereocenters. The van der Waals surface area contributed by atoms with Crippen LogP contribution in [-0.2, 0) is 12.2 Å². The molecular formula is C27H24N4O5S2. The average Bonchev–Trinajstić information content (AvgIpc) is 3.69. The first-order valence-electron chi connectivity index (χ1n) is 11.7. The van der Waals surface area contributed by atoms with Crippen LogP contribution < -0.4 is 14.2 Å². The second-order valence-electron chi connectivity index (χ2n) is 9.14. The zero-order chi connectivity index (χ0) is 26.4. The highest BCUT2D eigenvalue weighted by Gasteiger charge is 2.18. The van der Waals surface area contributed by atoms with Crippen LogP contribution in [0.4, 0.5) is 0 Å². The summed E-state index contributed by atoms with van der Waals surface area (Å²) in [6, 6.07) is 13.4. The van der Waals surface area contributed by atoms with Gasteiger partial charge in [-0.2, -0.15) is 0 Å². The third-order valence-electron chi connectivity index (χ3n) is 6.03. The molecule has 0 amide bonds. The highest BCUT2D eigenvalue weighted by molar-refractivity contribution is 7.18. The highest BCUT2D eigenvalue weighted by Crippen LogP contribution is 2.38. The fourth-order valence-corrected chi connectivity index (χ4v) is 5.52. The van der Waals surface area contributed by atoms with Crippen LogP contribution in [0.5, 0.6) is 16.7 Å². The SMILES string of the molecule is COc1cc(OCc2csc(-c3ccc(C(C)(C)O)cc3)n2)c2cc(-c3cn4nc(OC)sc4n3)oc2c1. The summed E-state index contributed by atoms with van der Waals surface area (Å²) in [7, 11) is 3.18. The van der Waals surface area contributed by atoms with Gasteiger partial charge in [0.15, 0.2) is 5.76 Å². The lowest BCUT2D eigenvalue weighted by atomic mass is 9.97. The number of hydrogen-bond donors (Lipinski definition) is 1. The molecule has 38 heavy (non-hydrogen) atoms. The molecule has 6 rings (SSSR count). The molecule has 9 nitrogen and oxygen atoms in total. The van der Waals surface area contributed by atoms with E-state index in [1.807, 2.05) is 47.8 Å². The normalized spacial score (nSPS) is 11.9. The van der Waals surface area contributed by atoms with E-state index in [9.17, 15) is 5.11 Å². The van der Waals surface area contributed by atoms with Gasteiger partial charge in [-0.15, -0.1) is 16.4 Å². The van der Waals surface area contributed by atoms with Crippen LogP contribution in [0.1, 0.15) is 25.1 Å². The van der Waals surface area contributed by atoms with Gasteiger partial charge in [0, 0.05) is 23.1 Å². The molecule has 1 N–H and O–H groups in total. The zero-order valence-corrected chi connectivity index (χ0v) is 22.7. The van der Waals surface area contributed by atoms with Crippen molar-refractivity contribution in [3.8, 4) is 38.7 Å². The number of imidazole rings is 1. The Bertz CT molecular complexity index is 1710. The van der Waals surface area contributed by atoms with Crippen molar-refractivity contribution in [1.29, 1.82) is 0 Å². The first-order chi connectivity index (χ1) is 18.3. The minimum Gasteiger partial charge on any atom is -0.496 e. The standard InChI is InChI=1S/C27H24N4O5S2/c1-27(2,32)16-7-5-15(6-8-16)24-28-17(14-37-24)13-35-21-9-18(33-3)10-22-19(21)11-23(36-22)20-12-31-25(29-20)38-26(30-31)34-4/h5-12,14,32H,13H2,1-4H3. The van der Waals surface area contributed by atoms with E-state index < -0.39 is 5.60 Å². The summed E-state index contributed by atoms with van der Waals surface area (Å²) in [5, 5.41) is 18.7. The molecular weight excluding hydrogens is 524 g/mol. The van der Waals surface area contributed by atoms with Gasteiger partial charge in [0.25, 0.3) is 5.19 Å². The molecule has 0 aliphatic heterocycles. The van der Waals surface area contributed by atoms with Gasteiger partial charge in [-0.05, 0) is 36.8 Å². The Morgan fingerprint density at radius 2 is 1.87 bits per heavy atom. The van der Waals surface area contributed by atoms with Crippen molar-refractivity contribution in [2.45, 2.75) is 26.1 Å². The number of rotatable bonds is 8. The summed E-state index contributed by atoms with van der Waals surface area (Å²) >= 11 is 2.90. The van der Waals surface area contributed by atoms with E-state index in [1.165, 1.54) is 11.3 Å². The first-order valence-corrected chi connectivity index (χ1v) is 13.4. The van der Waals surface area contributed by atoms with Crippen LogP contribution in [0.3, 0.4) is 0 Å². The summed E-state index contributed by atoms with van der Waals surface area (Å²) < 4.78 is 24.6. The first kappa shape index (κ1) is 24.4. The van der Waals surface area contributed by atoms with Crippen molar-refractivity contribution in [3.05, 3.63) is 65.3 Å². The number of aliphatic hydroxyl groups is 1. The van der Waals surface area contributed by atoms with E-state index >= 15 is 0 Å². The van der Waals surface area contributed by atoms with Crippen molar-refractivity contribution in [2.75, 3.05) is 14.2 Å². The summed E-state index contributed by atoms with van der Waals surface area (Å²) in [6.45, 7) is 3.82. The molecule has 194 valence electrons. The highest BCUT2D eigenvalue weighted by atomic mass is 32.1. The topological polar surface area (TPSA) is 104 Å². The maximum absolute atomic E-state index is 10.2. The zero-order valence-electron chi connectivity index (χ0n) is 21.1. The van der Waals surface area contributed by atoms with E-state index in [-0.39, 0.29) is 6.61 Å². The smallest absolute Gasteiger partial charge is 0.294 e. The minimum atomic E-state index is -0.881. The molecule has 0 bridgehead atoms. The molecule has 0 spiro atoms. The number of methoxy groups -OCH3 is 2. The van der Waals surface area contributed by atoms with Gasteiger partial charge in [-0.3, -0.25) is 0 Å². The predicted molar refractivity (Wildman–Crippen MR) is 146 cm³/mol. The van der Waals surface area contributed by atoms with Crippen LogP contribution >= 0.6 is 22.7 Å². The van der Waals surface area contributed by atoms with Gasteiger partial charge >= 0.3 is 0 Å². The van der Waals surface area contributed by atoms with Crippen LogP contribution in [0.2, 0.25) is 0 Å². The molecule has 0 fully saturated rings. The number of aromatic nitrogens is 4. The predicted octanol–water partition coefficient (Wildman–Crippen LogP) is 6.15. The van der Waals surface area contributed by atoms with E-state index in [4.69, 9.17) is 23.6 Å². The largest absolute Gasteiger partial charge is 0.496 e. The fraction of sp³-hybridized carbons (Fsp3) is 0.222. The van der Waals surface area contributed by atoms with Crippen molar-refractivity contribution >= 4 is 38.6 Å².